The second-order valence-electron chi connectivity index (χ2n) is 2.29. The summed E-state index contributed by atoms with van der Waals surface area (Å²) < 4.78 is 24.9. The molecule has 2 unspecified atom stereocenters. The Balaban J connectivity index is 2.43. The van der Waals surface area contributed by atoms with E-state index in [1.54, 1.807) is 6.92 Å². The second-order valence-corrected chi connectivity index (χ2v) is 3.78. The zero-order valence-corrected chi connectivity index (χ0v) is 7.53. The number of cyclic esters (lactones) is 2. The van der Waals surface area contributed by atoms with Crippen LogP contribution in [-0.2, 0) is 18.6 Å². The van der Waals surface area contributed by atoms with Gasteiger partial charge >= 0.3 is 6.16 Å². The molecular formula is C6H9O5P. The highest BCUT2D eigenvalue weighted by Gasteiger charge is 2.31. The van der Waals surface area contributed by atoms with Crippen LogP contribution < -0.4 is 0 Å². The normalized spacial score (nSPS) is 24.1. The first-order chi connectivity index (χ1) is 5.59. The van der Waals surface area contributed by atoms with E-state index in [1.807, 2.05) is 0 Å². The third-order valence-corrected chi connectivity index (χ3v) is 2.49. The molecule has 68 valence electrons. The molecule has 0 N–H and O–H groups in total. The van der Waals surface area contributed by atoms with Gasteiger partial charge in [0.1, 0.15) is 6.61 Å². The van der Waals surface area contributed by atoms with Crippen molar-refractivity contribution in [3.05, 3.63) is 12.3 Å². The molecule has 0 aromatic heterocycles. The van der Waals surface area contributed by atoms with E-state index in [0.717, 1.165) is 0 Å². The first kappa shape index (κ1) is 9.13. The Morgan fingerprint density at radius 2 is 2.50 bits per heavy atom. The molecular weight excluding hydrogens is 183 g/mol. The van der Waals surface area contributed by atoms with E-state index in [-0.39, 0.29) is 6.61 Å². The number of hydrogen-bond acceptors (Lipinski definition) is 5. The van der Waals surface area contributed by atoms with Gasteiger partial charge in [0.15, 0.2) is 0 Å². The summed E-state index contributed by atoms with van der Waals surface area (Å²) in [6.07, 6.45) is -0.802. The van der Waals surface area contributed by atoms with Crippen LogP contribution in [-0.4, -0.2) is 18.6 Å². The molecule has 1 fully saturated rings. The summed E-state index contributed by atoms with van der Waals surface area (Å²) >= 11 is 0. The van der Waals surface area contributed by atoms with Crippen LogP contribution in [0.3, 0.4) is 0 Å². The average molecular weight is 192 g/mol. The third-order valence-electron chi connectivity index (χ3n) is 1.13. The summed E-state index contributed by atoms with van der Waals surface area (Å²) in [7, 11) is -2.42. The molecule has 2 atom stereocenters. The molecule has 1 aliphatic heterocycles. The topological polar surface area (TPSA) is 61.8 Å². The molecule has 0 aromatic rings. The van der Waals surface area contributed by atoms with Gasteiger partial charge in [0, 0.05) is 0 Å². The largest absolute Gasteiger partial charge is 0.509 e. The molecule has 0 spiro atoms. The van der Waals surface area contributed by atoms with Gasteiger partial charge in [-0.2, -0.15) is 0 Å². The van der Waals surface area contributed by atoms with E-state index in [1.165, 1.54) is 0 Å². The summed E-state index contributed by atoms with van der Waals surface area (Å²) in [5.74, 6) is -0.430. The number of hydrogen-bond donors (Lipinski definition) is 0. The van der Waals surface area contributed by atoms with Gasteiger partial charge in [-0.05, 0) is 6.92 Å². The lowest BCUT2D eigenvalue weighted by atomic mass is 10.7. The molecule has 12 heavy (non-hydrogen) atoms. The van der Waals surface area contributed by atoms with E-state index >= 15 is 0 Å². The molecule has 0 aliphatic carbocycles. The van der Waals surface area contributed by atoms with Crippen LogP contribution in [0.15, 0.2) is 12.3 Å². The van der Waals surface area contributed by atoms with Gasteiger partial charge in [-0.3, -0.25) is 4.57 Å². The molecule has 0 radical (unpaired) electrons. The lowest BCUT2D eigenvalue weighted by molar-refractivity contribution is 0.127. The van der Waals surface area contributed by atoms with Gasteiger partial charge in [-0.15, -0.1) is 0 Å². The van der Waals surface area contributed by atoms with Crippen molar-refractivity contribution >= 4 is 14.2 Å². The van der Waals surface area contributed by atoms with Crippen LogP contribution in [0.2, 0.25) is 0 Å². The monoisotopic (exact) mass is 192 g/mol. The van der Waals surface area contributed by atoms with Crippen LogP contribution >= 0.6 is 8.03 Å². The van der Waals surface area contributed by atoms with Crippen molar-refractivity contribution in [2.24, 2.45) is 0 Å². The molecule has 6 heteroatoms. The molecule has 0 bridgehead atoms. The molecule has 0 saturated carbocycles. The maximum absolute atomic E-state index is 11.1. The summed E-state index contributed by atoms with van der Waals surface area (Å²) in [5.41, 5.74) is 0. The van der Waals surface area contributed by atoms with Gasteiger partial charge in [0.05, 0.1) is 5.76 Å². The van der Waals surface area contributed by atoms with Crippen molar-refractivity contribution in [3.63, 3.8) is 0 Å². The summed E-state index contributed by atoms with van der Waals surface area (Å²) in [6.45, 7) is 4.97. The van der Waals surface area contributed by atoms with Crippen LogP contribution in [0.4, 0.5) is 4.79 Å². The zero-order valence-electron chi connectivity index (χ0n) is 6.53. The molecule has 1 saturated heterocycles. The Bertz CT molecular complexity index is 236. The molecule has 0 aromatic carbocycles. The van der Waals surface area contributed by atoms with E-state index in [4.69, 9.17) is 4.52 Å². The lowest BCUT2D eigenvalue weighted by Gasteiger charge is -2.07. The predicted molar refractivity (Wildman–Crippen MR) is 41.1 cm³/mol. The minimum absolute atomic E-state index is 0.0100. The summed E-state index contributed by atoms with van der Waals surface area (Å²) in [6, 6.07) is 0. The minimum Gasteiger partial charge on any atom is -0.448 e. The maximum atomic E-state index is 11.1. The fourth-order valence-electron chi connectivity index (χ4n) is 0.682. The van der Waals surface area contributed by atoms with E-state index in [0.29, 0.717) is 5.76 Å². The van der Waals surface area contributed by atoms with Crippen molar-refractivity contribution in [3.8, 4) is 0 Å². The molecule has 1 aliphatic rings. The van der Waals surface area contributed by atoms with Crippen molar-refractivity contribution in [2.45, 2.75) is 12.8 Å². The Kier molecular flexibility index (Phi) is 2.76. The summed E-state index contributed by atoms with van der Waals surface area (Å²) in [5, 5.41) is 0. The minimum atomic E-state index is -2.42. The SMILES string of the molecule is C=C(C)O[PH](=O)C1COC(=O)O1. The van der Waals surface area contributed by atoms with Crippen molar-refractivity contribution < 1.29 is 23.4 Å². The zero-order chi connectivity index (χ0) is 9.14. The Hall–Kier alpha value is -0.960. The fraction of sp³-hybridized carbons (Fsp3) is 0.500. The first-order valence-corrected chi connectivity index (χ1v) is 4.69. The highest BCUT2D eigenvalue weighted by Crippen LogP contribution is 2.35. The standard InChI is InChI=1S/C6H9O5P/c1-4(2)11-12(8)5-3-9-6(7)10-5/h5,12H,1,3H2,2H3. The third kappa shape index (κ3) is 2.27. The lowest BCUT2D eigenvalue weighted by Crippen LogP contribution is -2.04. The quantitative estimate of drug-likeness (QED) is 0.385. The molecule has 0 amide bonds. The summed E-state index contributed by atoms with van der Waals surface area (Å²) in [4.78, 5) is 10.4. The van der Waals surface area contributed by atoms with Crippen LogP contribution in [0.1, 0.15) is 6.92 Å². The highest BCUT2D eigenvalue weighted by atomic mass is 31.1. The van der Waals surface area contributed by atoms with Crippen molar-refractivity contribution in [1.29, 1.82) is 0 Å². The smallest absolute Gasteiger partial charge is 0.448 e. The van der Waals surface area contributed by atoms with Gasteiger partial charge in [0.25, 0.3) is 8.03 Å². The maximum Gasteiger partial charge on any atom is 0.509 e. The Labute approximate surface area is 70.2 Å². The number of allylic oxidation sites excluding steroid dienone is 1. The van der Waals surface area contributed by atoms with Gasteiger partial charge in [-0.1, -0.05) is 6.58 Å². The highest BCUT2D eigenvalue weighted by molar-refractivity contribution is 7.40. The molecule has 5 nitrogen and oxygen atoms in total. The second kappa shape index (κ2) is 3.63. The predicted octanol–water partition coefficient (Wildman–Crippen LogP) is 1.50. The van der Waals surface area contributed by atoms with Gasteiger partial charge in [-0.25, -0.2) is 4.79 Å². The van der Waals surface area contributed by atoms with E-state index in [9.17, 15) is 9.36 Å². The van der Waals surface area contributed by atoms with Gasteiger partial charge in [0.2, 0.25) is 5.85 Å². The fourth-order valence-corrected chi connectivity index (χ4v) is 1.57. The number of carbonyl (C=O) groups excluding carboxylic acids is 1. The number of rotatable bonds is 3. The molecule has 1 heterocycles. The van der Waals surface area contributed by atoms with Crippen LogP contribution in [0.5, 0.6) is 0 Å². The van der Waals surface area contributed by atoms with Gasteiger partial charge < -0.3 is 14.0 Å². The average Bonchev–Trinajstić information content (AvgIpc) is 2.34. The van der Waals surface area contributed by atoms with Crippen LogP contribution in [0, 0.1) is 0 Å². The van der Waals surface area contributed by atoms with Crippen LogP contribution in [0.25, 0.3) is 0 Å². The number of carbonyl (C=O) groups is 1. The first-order valence-electron chi connectivity index (χ1n) is 3.30. The number of ether oxygens (including phenoxy) is 2. The van der Waals surface area contributed by atoms with E-state index < -0.39 is 20.0 Å². The van der Waals surface area contributed by atoms with Crippen molar-refractivity contribution in [2.75, 3.05) is 6.61 Å². The Morgan fingerprint density at radius 3 is 2.92 bits per heavy atom. The molecule has 1 rings (SSSR count). The Morgan fingerprint density at radius 1 is 1.83 bits per heavy atom. The van der Waals surface area contributed by atoms with Crippen molar-refractivity contribution in [1.82, 2.24) is 0 Å². The van der Waals surface area contributed by atoms with E-state index in [2.05, 4.69) is 16.1 Å².